The smallest absolute Gasteiger partial charge is 0.258 e. The second-order valence-corrected chi connectivity index (χ2v) is 7.98. The summed E-state index contributed by atoms with van der Waals surface area (Å²) in [6, 6.07) is 12.3. The van der Waals surface area contributed by atoms with Crippen LogP contribution in [0.1, 0.15) is 12.0 Å². The molecule has 176 valence electrons. The molecule has 0 bridgehead atoms. The average Bonchev–Trinajstić information content (AvgIpc) is 3.34. The van der Waals surface area contributed by atoms with Crippen LogP contribution >= 0.6 is 0 Å². The largest absolute Gasteiger partial charge is 0.380 e. The van der Waals surface area contributed by atoms with E-state index in [1.54, 1.807) is 43.3 Å². The second-order valence-electron chi connectivity index (χ2n) is 7.98. The first-order valence-corrected chi connectivity index (χ1v) is 10.7. The minimum atomic E-state index is -0.420. The monoisotopic (exact) mass is 464 g/mol. The van der Waals surface area contributed by atoms with Crippen molar-refractivity contribution in [1.29, 1.82) is 0 Å². The van der Waals surface area contributed by atoms with Crippen LogP contribution in [0.5, 0.6) is 0 Å². The Hall–Kier alpha value is -3.89. The van der Waals surface area contributed by atoms with E-state index in [1.165, 1.54) is 30.5 Å². The SMILES string of the molecule is CO[C@@H]1CN[C@H](C(=O)N(C)c2ccc(N=CC(=NN)c3cc4cc(F)ccc4[nH]c3=O)cc2)C1. The molecule has 2 heterocycles. The van der Waals surface area contributed by atoms with Crippen molar-refractivity contribution in [1.82, 2.24) is 10.3 Å². The number of aliphatic imine (C=N–C) groups is 1. The molecule has 0 aliphatic carbocycles. The number of hydrazone groups is 1. The number of nitrogens with zero attached hydrogens (tertiary/aromatic N) is 3. The Labute approximate surface area is 195 Å². The zero-order valence-electron chi connectivity index (χ0n) is 18.8. The first kappa shape index (κ1) is 23.3. The summed E-state index contributed by atoms with van der Waals surface area (Å²) in [4.78, 5) is 33.8. The molecule has 1 aliphatic heterocycles. The third kappa shape index (κ3) is 4.87. The highest BCUT2D eigenvalue weighted by molar-refractivity contribution is 6.38. The highest BCUT2D eigenvalue weighted by Gasteiger charge is 2.31. The molecule has 1 amide bonds. The van der Waals surface area contributed by atoms with Crippen LogP contribution in [-0.4, -0.2) is 55.7 Å². The van der Waals surface area contributed by atoms with Crippen LogP contribution < -0.4 is 21.6 Å². The van der Waals surface area contributed by atoms with Crippen LogP contribution in [0.2, 0.25) is 0 Å². The Morgan fingerprint density at radius 3 is 2.68 bits per heavy atom. The number of fused-ring (bicyclic) bond motifs is 1. The number of halogens is 1. The highest BCUT2D eigenvalue weighted by atomic mass is 19.1. The van der Waals surface area contributed by atoms with Crippen molar-refractivity contribution in [2.75, 3.05) is 25.6 Å². The first-order valence-electron chi connectivity index (χ1n) is 10.7. The maximum absolute atomic E-state index is 13.6. The van der Waals surface area contributed by atoms with E-state index in [-0.39, 0.29) is 29.3 Å². The Kier molecular flexibility index (Phi) is 6.80. The van der Waals surface area contributed by atoms with Crippen LogP contribution in [0.4, 0.5) is 15.8 Å². The number of benzene rings is 2. The number of hydrogen-bond acceptors (Lipinski definition) is 7. The number of ether oxygens (including phenoxy) is 1. The number of H-pyrrole nitrogens is 1. The summed E-state index contributed by atoms with van der Waals surface area (Å²) in [6.45, 7) is 0.647. The van der Waals surface area contributed by atoms with E-state index >= 15 is 0 Å². The number of rotatable bonds is 6. The summed E-state index contributed by atoms with van der Waals surface area (Å²) in [5.41, 5.74) is 1.69. The maximum atomic E-state index is 13.6. The van der Waals surface area contributed by atoms with Gasteiger partial charge >= 0.3 is 0 Å². The number of carbonyl (C=O) groups is 1. The number of aromatic amines is 1. The van der Waals surface area contributed by atoms with Crippen molar-refractivity contribution in [3.8, 4) is 0 Å². The minimum Gasteiger partial charge on any atom is -0.380 e. The zero-order valence-corrected chi connectivity index (χ0v) is 18.8. The number of anilines is 1. The van der Waals surface area contributed by atoms with E-state index in [4.69, 9.17) is 10.6 Å². The number of hydrogen-bond donors (Lipinski definition) is 3. The van der Waals surface area contributed by atoms with E-state index in [2.05, 4.69) is 20.4 Å². The number of methoxy groups -OCH3 is 1. The topological polar surface area (TPSA) is 125 Å². The predicted molar refractivity (Wildman–Crippen MR) is 130 cm³/mol. The summed E-state index contributed by atoms with van der Waals surface area (Å²) in [5, 5.41) is 7.36. The van der Waals surface area contributed by atoms with E-state index < -0.39 is 11.4 Å². The van der Waals surface area contributed by atoms with Gasteiger partial charge in [-0.05, 0) is 55.0 Å². The van der Waals surface area contributed by atoms with Crippen LogP contribution in [-0.2, 0) is 9.53 Å². The third-order valence-corrected chi connectivity index (χ3v) is 5.85. The standard InChI is InChI=1S/C24H25FN6O3/c1-31(24(33)21-11-18(34-2)12-28-21)17-6-4-16(5-7-17)27-13-22(30-26)19-10-14-9-15(25)3-8-20(14)29-23(19)32/h3-10,13,18,21,28H,11-12,26H2,1-2H3,(H,29,32)/t18-,21-/m0/s1. The predicted octanol–water partition coefficient (Wildman–Crippen LogP) is 2.07. The summed E-state index contributed by atoms with van der Waals surface area (Å²) in [6.07, 6.45) is 2.03. The molecular weight excluding hydrogens is 439 g/mol. The van der Waals surface area contributed by atoms with Gasteiger partial charge in [-0.1, -0.05) is 0 Å². The Morgan fingerprint density at radius 2 is 2.00 bits per heavy atom. The lowest BCUT2D eigenvalue weighted by Crippen LogP contribution is -2.41. The molecule has 9 nitrogen and oxygen atoms in total. The lowest BCUT2D eigenvalue weighted by molar-refractivity contribution is -0.120. The fraction of sp³-hybridized carbons (Fsp3) is 0.250. The fourth-order valence-electron chi connectivity index (χ4n) is 3.87. The van der Waals surface area contributed by atoms with Gasteiger partial charge in [-0.15, -0.1) is 0 Å². The Bertz CT molecular complexity index is 1320. The van der Waals surface area contributed by atoms with Crippen molar-refractivity contribution in [3.63, 3.8) is 0 Å². The van der Waals surface area contributed by atoms with Gasteiger partial charge in [0.05, 0.1) is 29.6 Å². The molecule has 1 aromatic heterocycles. The lowest BCUT2D eigenvalue weighted by Gasteiger charge is -2.21. The Balaban J connectivity index is 1.49. The molecule has 34 heavy (non-hydrogen) atoms. The number of aromatic nitrogens is 1. The zero-order chi connectivity index (χ0) is 24.2. The Morgan fingerprint density at radius 1 is 1.24 bits per heavy atom. The lowest BCUT2D eigenvalue weighted by atomic mass is 10.1. The van der Waals surface area contributed by atoms with Crippen molar-refractivity contribution in [2.45, 2.75) is 18.6 Å². The van der Waals surface area contributed by atoms with Crippen LogP contribution in [0.3, 0.4) is 0 Å². The molecule has 1 saturated heterocycles. The summed E-state index contributed by atoms with van der Waals surface area (Å²) < 4.78 is 18.9. The molecule has 0 radical (unpaired) electrons. The molecule has 0 saturated carbocycles. The molecule has 1 fully saturated rings. The number of nitrogens with two attached hydrogens (primary N) is 1. The quantitative estimate of drug-likeness (QED) is 0.293. The average molecular weight is 465 g/mol. The van der Waals surface area contributed by atoms with Gasteiger partial charge in [0.2, 0.25) is 5.91 Å². The molecule has 2 aromatic carbocycles. The van der Waals surface area contributed by atoms with Gasteiger partial charge in [0, 0.05) is 37.3 Å². The number of nitrogens with one attached hydrogen (secondary N) is 2. The molecule has 1 aliphatic rings. The molecule has 0 spiro atoms. The number of amides is 1. The second kappa shape index (κ2) is 9.94. The number of carbonyl (C=O) groups excluding carboxylic acids is 1. The molecule has 3 aromatic rings. The van der Waals surface area contributed by atoms with Crippen LogP contribution in [0.25, 0.3) is 10.9 Å². The first-order chi connectivity index (χ1) is 16.4. The van der Waals surface area contributed by atoms with Crippen LogP contribution in [0, 0.1) is 5.82 Å². The third-order valence-electron chi connectivity index (χ3n) is 5.85. The van der Waals surface area contributed by atoms with Gasteiger partial charge in [0.15, 0.2) is 0 Å². The van der Waals surface area contributed by atoms with Gasteiger partial charge in [0.1, 0.15) is 11.5 Å². The molecule has 4 rings (SSSR count). The normalized spacial score (nSPS) is 18.6. The van der Waals surface area contributed by atoms with Gasteiger partial charge in [-0.3, -0.25) is 14.6 Å². The van der Waals surface area contributed by atoms with Gasteiger partial charge < -0.3 is 25.8 Å². The van der Waals surface area contributed by atoms with E-state index in [0.717, 1.165) is 0 Å². The summed E-state index contributed by atoms with van der Waals surface area (Å²) in [7, 11) is 3.36. The fourth-order valence-corrected chi connectivity index (χ4v) is 3.87. The maximum Gasteiger partial charge on any atom is 0.258 e. The van der Waals surface area contributed by atoms with E-state index in [1.807, 2.05) is 0 Å². The molecule has 4 N–H and O–H groups in total. The highest BCUT2D eigenvalue weighted by Crippen LogP contribution is 2.21. The number of pyridine rings is 1. The number of likely N-dealkylation sites (N-methyl/N-ethyl adjacent to an activating group) is 1. The van der Waals surface area contributed by atoms with Gasteiger partial charge in [-0.25, -0.2) is 4.39 Å². The van der Waals surface area contributed by atoms with Crippen molar-refractivity contribution >= 4 is 40.1 Å². The minimum absolute atomic E-state index is 0.0336. The van der Waals surface area contributed by atoms with Gasteiger partial charge in [0.25, 0.3) is 5.56 Å². The molecule has 10 heteroatoms. The van der Waals surface area contributed by atoms with Gasteiger partial charge in [-0.2, -0.15) is 5.10 Å². The van der Waals surface area contributed by atoms with Crippen molar-refractivity contribution < 1.29 is 13.9 Å². The van der Waals surface area contributed by atoms with Crippen LogP contribution in [0.15, 0.2) is 63.4 Å². The summed E-state index contributed by atoms with van der Waals surface area (Å²) in [5.74, 6) is 5.04. The van der Waals surface area contributed by atoms with Crippen molar-refractivity contribution in [2.24, 2.45) is 15.9 Å². The molecule has 0 unspecified atom stereocenters. The molecular formula is C24H25FN6O3. The van der Waals surface area contributed by atoms with E-state index in [0.29, 0.717) is 35.2 Å². The van der Waals surface area contributed by atoms with E-state index in [9.17, 15) is 14.0 Å². The molecule has 2 atom stereocenters. The van der Waals surface area contributed by atoms with Crippen molar-refractivity contribution in [3.05, 3.63) is 70.3 Å². The summed E-state index contributed by atoms with van der Waals surface area (Å²) >= 11 is 0.